The molecule has 0 aromatic heterocycles. The quantitative estimate of drug-likeness (QED) is 0.226. The number of rotatable bonds is 9. The third kappa shape index (κ3) is 8.16. The monoisotopic (exact) mass is 847 g/mol. The van der Waals surface area contributed by atoms with Crippen LogP contribution in [-0.2, 0) is 42.7 Å². The van der Waals surface area contributed by atoms with Crippen molar-refractivity contribution in [2.45, 2.75) is 145 Å². The minimum absolute atomic E-state index is 0. The van der Waals surface area contributed by atoms with Crippen LogP contribution in [0.5, 0.6) is 11.5 Å². The molecule has 3 heterocycles. The minimum Gasteiger partial charge on any atom is -0.507 e. The van der Waals surface area contributed by atoms with E-state index in [1.165, 1.54) is 31.4 Å². The van der Waals surface area contributed by atoms with Crippen LogP contribution in [0.2, 0.25) is 0 Å². The van der Waals surface area contributed by atoms with Crippen LogP contribution in [0.25, 0.3) is 0 Å². The Bertz CT molecular complexity index is 1950. The topological polar surface area (TPSA) is 217 Å². The number of carbonyl (C=O) groups excluding carboxylic acids is 4. The molecule has 0 saturated carbocycles. The summed E-state index contributed by atoms with van der Waals surface area (Å²) in [5.74, 6) is -4.59. The zero-order valence-electron chi connectivity index (χ0n) is 34.1. The fraction of sp³-hybridized carbons (Fsp3) is 0.619. The molecular weight excluding hydrogens is 794 g/mol. The standard InChI is InChI=1S/C42H53NO15.ClH/c1-8-42(51)17-28(33-22(35(42)41(50)52-7)14-23-34(38(33)49)37(48)32-21(36(23)47)10-9-11-26(32)45)56-30-15-24(43(5)6)39(19(3)54-30)58-31-16-27(46)40(20(4)55-31)57-29-13-12-25(44)18(2)53-29;/h9-11,14,18-20,24,27-31,35,39-40,45-46,49,51H,8,12-13,15-17H2,1-7H3;1H/t18?,19?,20?,24-,27-,28?,29-,30-,31-,35?,39+,40+,42?;/m0./s1. The first-order chi connectivity index (χ1) is 27.5. The highest BCUT2D eigenvalue weighted by Gasteiger charge is 2.53. The smallest absolute Gasteiger partial charge is 0.316 e. The second kappa shape index (κ2) is 17.4. The molecule has 17 heteroatoms. The molecule has 0 amide bonds. The van der Waals surface area contributed by atoms with E-state index in [1.807, 2.05) is 19.0 Å². The summed E-state index contributed by atoms with van der Waals surface area (Å²) in [6, 6.07) is 5.11. The largest absolute Gasteiger partial charge is 0.507 e. The van der Waals surface area contributed by atoms with E-state index in [2.05, 4.69) is 0 Å². The second-order valence-electron chi connectivity index (χ2n) is 16.3. The van der Waals surface area contributed by atoms with Crippen molar-refractivity contribution in [3.8, 4) is 11.5 Å². The van der Waals surface area contributed by atoms with Gasteiger partial charge in [0.05, 0.1) is 48.3 Å². The Hall–Kier alpha value is -3.55. The number of benzene rings is 2. The molecule has 3 saturated heterocycles. The lowest BCUT2D eigenvalue weighted by Gasteiger charge is -2.48. The number of likely N-dealkylation sites (N-methyl/N-ethyl adjacent to an activating group) is 1. The predicted octanol–water partition coefficient (Wildman–Crippen LogP) is 3.58. The van der Waals surface area contributed by atoms with Crippen molar-refractivity contribution in [2.75, 3.05) is 21.2 Å². The van der Waals surface area contributed by atoms with E-state index in [4.69, 9.17) is 33.2 Å². The molecule has 7 rings (SSSR count). The van der Waals surface area contributed by atoms with Gasteiger partial charge in [0.15, 0.2) is 30.4 Å². The van der Waals surface area contributed by atoms with Gasteiger partial charge in [0.2, 0.25) is 5.78 Å². The number of phenols is 2. The van der Waals surface area contributed by atoms with Crippen LogP contribution in [0, 0.1) is 0 Å². The van der Waals surface area contributed by atoms with Crippen LogP contribution in [0.4, 0.5) is 0 Å². The Labute approximate surface area is 348 Å². The van der Waals surface area contributed by atoms with E-state index in [9.17, 15) is 39.6 Å². The number of hydrogen-bond donors (Lipinski definition) is 4. The van der Waals surface area contributed by atoms with Crippen molar-refractivity contribution in [3.63, 3.8) is 0 Å². The molecule has 4 N–H and O–H groups in total. The van der Waals surface area contributed by atoms with Crippen molar-refractivity contribution in [2.24, 2.45) is 0 Å². The molecule has 0 bridgehead atoms. The third-order valence-corrected chi connectivity index (χ3v) is 12.4. The van der Waals surface area contributed by atoms with Gasteiger partial charge >= 0.3 is 5.97 Å². The van der Waals surface area contributed by atoms with E-state index in [-0.39, 0.29) is 83.3 Å². The molecule has 6 unspecified atom stereocenters. The van der Waals surface area contributed by atoms with Crippen LogP contribution < -0.4 is 0 Å². The highest BCUT2D eigenvalue weighted by molar-refractivity contribution is 6.30. The number of halogens is 1. The van der Waals surface area contributed by atoms with E-state index in [0.29, 0.717) is 12.8 Å². The molecule has 59 heavy (non-hydrogen) atoms. The molecule has 3 aliphatic heterocycles. The number of ether oxygens (including phenoxy) is 7. The van der Waals surface area contributed by atoms with Gasteiger partial charge in [-0.15, -0.1) is 12.4 Å². The van der Waals surface area contributed by atoms with Gasteiger partial charge in [0.1, 0.15) is 35.7 Å². The van der Waals surface area contributed by atoms with Gasteiger partial charge in [-0.1, -0.05) is 19.1 Å². The predicted molar refractivity (Wildman–Crippen MR) is 208 cm³/mol. The number of Topliss-reactive ketones (excluding diaryl/α,β-unsaturated/α-hetero) is 1. The summed E-state index contributed by atoms with van der Waals surface area (Å²) >= 11 is 0. The van der Waals surface area contributed by atoms with Crippen LogP contribution in [0.15, 0.2) is 24.3 Å². The summed E-state index contributed by atoms with van der Waals surface area (Å²) in [6.45, 7) is 6.95. The number of methoxy groups -OCH3 is 1. The molecule has 0 spiro atoms. The lowest BCUT2D eigenvalue weighted by atomic mass is 9.67. The molecule has 0 radical (unpaired) electrons. The zero-order chi connectivity index (χ0) is 42.0. The Morgan fingerprint density at radius 3 is 2.19 bits per heavy atom. The van der Waals surface area contributed by atoms with E-state index in [1.54, 1.807) is 27.7 Å². The van der Waals surface area contributed by atoms with Gasteiger partial charge in [-0.2, -0.15) is 0 Å². The molecule has 2 aliphatic carbocycles. The summed E-state index contributed by atoms with van der Waals surface area (Å²) < 4.78 is 42.6. The Morgan fingerprint density at radius 1 is 0.898 bits per heavy atom. The van der Waals surface area contributed by atoms with Crippen LogP contribution >= 0.6 is 12.4 Å². The van der Waals surface area contributed by atoms with Crippen molar-refractivity contribution in [3.05, 3.63) is 57.6 Å². The summed E-state index contributed by atoms with van der Waals surface area (Å²) in [5.41, 5.74) is -2.49. The number of aromatic hydroxyl groups is 2. The van der Waals surface area contributed by atoms with Crippen molar-refractivity contribution < 1.29 is 72.8 Å². The average molecular weight is 848 g/mol. The van der Waals surface area contributed by atoms with Gasteiger partial charge in [-0.3, -0.25) is 19.2 Å². The van der Waals surface area contributed by atoms with E-state index >= 15 is 0 Å². The molecule has 16 nitrogen and oxygen atoms in total. The number of nitrogens with zero attached hydrogens (tertiary/aromatic N) is 1. The SMILES string of the molecule is CCC1(O)CC(O[C@H]2C[C@H](N(C)C)[C@H](O[C@H]3C[C@H](O)[C@H](O[C@H]4CCC(=O)C(C)O4)C(C)O3)C(C)O2)c2c(cc3c(c2O)C(=O)c2c(O)cccc2C3=O)C1C(=O)OC.Cl. The van der Waals surface area contributed by atoms with Gasteiger partial charge in [0, 0.05) is 54.8 Å². The van der Waals surface area contributed by atoms with Crippen LogP contribution in [0.1, 0.15) is 121 Å². The number of carbonyl (C=O) groups is 4. The lowest BCUT2D eigenvalue weighted by Crippen LogP contribution is -2.58. The summed E-state index contributed by atoms with van der Waals surface area (Å²) in [6.07, 6.45) is -6.64. The van der Waals surface area contributed by atoms with Crippen molar-refractivity contribution in [1.82, 2.24) is 4.90 Å². The van der Waals surface area contributed by atoms with Gasteiger partial charge in [-0.25, -0.2) is 0 Å². The van der Waals surface area contributed by atoms with Crippen molar-refractivity contribution >= 4 is 35.7 Å². The maximum Gasteiger partial charge on any atom is 0.316 e. The number of fused-ring (bicyclic) bond motifs is 3. The maximum absolute atomic E-state index is 13.9. The first kappa shape index (κ1) is 45.0. The van der Waals surface area contributed by atoms with E-state index < -0.39 is 102 Å². The first-order valence-electron chi connectivity index (χ1n) is 19.9. The zero-order valence-corrected chi connectivity index (χ0v) is 34.9. The fourth-order valence-electron chi connectivity index (χ4n) is 9.27. The van der Waals surface area contributed by atoms with Crippen LogP contribution in [0.3, 0.4) is 0 Å². The fourth-order valence-corrected chi connectivity index (χ4v) is 9.27. The Balaban J connectivity index is 0.00000585. The molecule has 2 aromatic rings. The molecule has 3 fully saturated rings. The van der Waals surface area contributed by atoms with Crippen LogP contribution in [-0.4, -0.2) is 137 Å². The number of esters is 1. The van der Waals surface area contributed by atoms with E-state index in [0.717, 1.165) is 0 Å². The van der Waals surface area contributed by atoms with Gasteiger partial charge < -0.3 is 58.5 Å². The number of aliphatic hydroxyl groups excluding tert-OH is 1. The third-order valence-electron chi connectivity index (χ3n) is 12.4. The summed E-state index contributed by atoms with van der Waals surface area (Å²) in [7, 11) is 4.91. The molecule has 5 aliphatic rings. The van der Waals surface area contributed by atoms with Gasteiger partial charge in [-0.05, 0) is 59.0 Å². The summed E-state index contributed by atoms with van der Waals surface area (Å²) in [4.78, 5) is 55.0. The molecule has 324 valence electrons. The highest BCUT2D eigenvalue weighted by Crippen LogP contribution is 2.54. The summed E-state index contributed by atoms with van der Waals surface area (Å²) in [5, 5.41) is 45.9. The normalized spacial score (nSPS) is 35.7. The van der Waals surface area contributed by atoms with Crippen molar-refractivity contribution in [1.29, 1.82) is 0 Å². The Morgan fingerprint density at radius 2 is 1.56 bits per heavy atom. The van der Waals surface area contributed by atoms with Gasteiger partial charge in [0.25, 0.3) is 0 Å². The molecule has 2 aromatic carbocycles. The highest BCUT2D eigenvalue weighted by atomic mass is 35.5. The number of ketones is 3. The average Bonchev–Trinajstić information content (AvgIpc) is 3.17. The molecule has 13 atom stereocenters. The molecular formula is C42H54ClNO15. The number of hydrogen-bond acceptors (Lipinski definition) is 16. The second-order valence-corrected chi connectivity index (χ2v) is 16.3. The maximum atomic E-state index is 13.9. The Kier molecular flexibility index (Phi) is 13.3. The number of aliphatic hydroxyl groups is 2. The first-order valence-corrected chi connectivity index (χ1v) is 19.9. The lowest BCUT2D eigenvalue weighted by molar-refractivity contribution is -0.324. The minimum atomic E-state index is -1.76. The number of phenolic OH excluding ortho intramolecular Hbond substituents is 2.